The van der Waals surface area contributed by atoms with Gasteiger partial charge in [0.2, 0.25) is 0 Å². The Labute approximate surface area is 169 Å². The lowest BCUT2D eigenvalue weighted by atomic mass is 10.1. The molecule has 2 aromatic carbocycles. The Bertz CT molecular complexity index is 935. The molecular weight excluding hydrogens is 370 g/mol. The molecule has 0 saturated heterocycles. The van der Waals surface area contributed by atoms with Crippen molar-refractivity contribution >= 4 is 23.9 Å². The van der Waals surface area contributed by atoms with Crippen molar-refractivity contribution in [3.05, 3.63) is 65.7 Å². The first-order valence-electron chi connectivity index (χ1n) is 9.23. The van der Waals surface area contributed by atoms with Crippen molar-refractivity contribution in [2.24, 2.45) is 5.10 Å². The van der Waals surface area contributed by atoms with Gasteiger partial charge in [-0.15, -0.1) is 10.2 Å². The molecule has 0 aliphatic rings. The molecule has 1 N–H and O–H groups in total. The maximum absolute atomic E-state index is 12.1. The van der Waals surface area contributed by atoms with Crippen molar-refractivity contribution in [1.82, 2.24) is 20.2 Å². The van der Waals surface area contributed by atoms with Crippen LogP contribution in [0.1, 0.15) is 25.0 Å². The van der Waals surface area contributed by atoms with Gasteiger partial charge >= 0.3 is 0 Å². The summed E-state index contributed by atoms with van der Waals surface area (Å²) in [6.07, 6.45) is 2.64. The Kier molecular flexibility index (Phi) is 6.97. The molecule has 0 bridgehead atoms. The summed E-state index contributed by atoms with van der Waals surface area (Å²) in [4.78, 5) is 12.1. The lowest BCUT2D eigenvalue weighted by Gasteiger charge is -2.06. The van der Waals surface area contributed by atoms with E-state index in [2.05, 4.69) is 39.8 Å². The van der Waals surface area contributed by atoms with Crippen LogP contribution in [0.3, 0.4) is 0 Å². The van der Waals surface area contributed by atoms with Crippen molar-refractivity contribution < 1.29 is 4.79 Å². The van der Waals surface area contributed by atoms with E-state index in [9.17, 15) is 4.79 Å². The molecule has 3 aromatic rings. The summed E-state index contributed by atoms with van der Waals surface area (Å²) in [7, 11) is 0. The Balaban J connectivity index is 1.55. The molecule has 0 fully saturated rings. The normalized spacial score (nSPS) is 11.1. The second-order valence-electron chi connectivity index (χ2n) is 6.09. The van der Waals surface area contributed by atoms with E-state index < -0.39 is 0 Å². The van der Waals surface area contributed by atoms with Gasteiger partial charge in [0.1, 0.15) is 0 Å². The van der Waals surface area contributed by atoms with Crippen molar-refractivity contribution in [2.75, 3.05) is 5.75 Å². The molecule has 1 amide bonds. The first-order valence-corrected chi connectivity index (χ1v) is 10.2. The van der Waals surface area contributed by atoms with Gasteiger partial charge in [-0.1, -0.05) is 73.3 Å². The minimum absolute atomic E-state index is 0.182. The SMILES string of the molecule is CCc1ccc(/C=N/NC(=O)CSc2nnc(-c3ccccc3)n2CC)cc1. The first-order chi connectivity index (χ1) is 13.7. The largest absolute Gasteiger partial charge is 0.302 e. The molecule has 7 heteroatoms. The summed E-state index contributed by atoms with van der Waals surface area (Å²) >= 11 is 1.35. The number of benzene rings is 2. The van der Waals surface area contributed by atoms with Gasteiger partial charge in [0.25, 0.3) is 5.91 Å². The zero-order chi connectivity index (χ0) is 19.8. The molecule has 0 aliphatic heterocycles. The van der Waals surface area contributed by atoms with Crippen LogP contribution in [-0.4, -0.2) is 32.6 Å². The van der Waals surface area contributed by atoms with Crippen molar-refractivity contribution in [3.8, 4) is 11.4 Å². The highest BCUT2D eigenvalue weighted by atomic mass is 32.2. The van der Waals surface area contributed by atoms with E-state index in [0.717, 1.165) is 35.1 Å². The van der Waals surface area contributed by atoms with E-state index in [1.165, 1.54) is 17.3 Å². The fraction of sp³-hybridized carbons (Fsp3) is 0.238. The summed E-state index contributed by atoms with van der Waals surface area (Å²) in [5, 5.41) is 13.3. The fourth-order valence-electron chi connectivity index (χ4n) is 2.66. The third kappa shape index (κ3) is 5.07. The average molecular weight is 394 g/mol. The fourth-order valence-corrected chi connectivity index (χ4v) is 3.46. The monoisotopic (exact) mass is 393 g/mol. The lowest BCUT2D eigenvalue weighted by Crippen LogP contribution is -2.20. The molecule has 0 unspecified atom stereocenters. The predicted molar refractivity (Wildman–Crippen MR) is 113 cm³/mol. The van der Waals surface area contributed by atoms with Crippen LogP contribution in [0.15, 0.2) is 64.9 Å². The highest BCUT2D eigenvalue weighted by Crippen LogP contribution is 2.23. The van der Waals surface area contributed by atoms with Crippen LogP contribution >= 0.6 is 11.8 Å². The number of hydrazone groups is 1. The quantitative estimate of drug-likeness (QED) is 0.359. The minimum atomic E-state index is -0.182. The Morgan fingerprint density at radius 2 is 1.86 bits per heavy atom. The van der Waals surface area contributed by atoms with Gasteiger partial charge in [0.05, 0.1) is 12.0 Å². The number of carbonyl (C=O) groups excluding carboxylic acids is 1. The number of thioether (sulfide) groups is 1. The van der Waals surface area contributed by atoms with Gasteiger partial charge < -0.3 is 4.57 Å². The second-order valence-corrected chi connectivity index (χ2v) is 7.04. The van der Waals surface area contributed by atoms with Crippen LogP contribution < -0.4 is 5.43 Å². The number of carbonyl (C=O) groups is 1. The van der Waals surface area contributed by atoms with Gasteiger partial charge in [-0.05, 0) is 24.5 Å². The number of nitrogens with zero attached hydrogens (tertiary/aromatic N) is 4. The van der Waals surface area contributed by atoms with Crippen LogP contribution in [0.25, 0.3) is 11.4 Å². The van der Waals surface area contributed by atoms with Crippen LogP contribution in [0.5, 0.6) is 0 Å². The van der Waals surface area contributed by atoms with Gasteiger partial charge in [0, 0.05) is 12.1 Å². The molecule has 0 atom stereocenters. The van der Waals surface area contributed by atoms with Crippen LogP contribution in [-0.2, 0) is 17.8 Å². The predicted octanol–water partition coefficient (Wildman–Crippen LogP) is 3.77. The van der Waals surface area contributed by atoms with E-state index in [1.54, 1.807) is 6.21 Å². The number of nitrogens with one attached hydrogen (secondary N) is 1. The van der Waals surface area contributed by atoms with E-state index >= 15 is 0 Å². The smallest absolute Gasteiger partial charge is 0.250 e. The van der Waals surface area contributed by atoms with E-state index in [1.807, 2.05) is 54.0 Å². The van der Waals surface area contributed by atoms with E-state index in [-0.39, 0.29) is 11.7 Å². The third-order valence-electron chi connectivity index (χ3n) is 4.19. The van der Waals surface area contributed by atoms with Crippen molar-refractivity contribution in [3.63, 3.8) is 0 Å². The van der Waals surface area contributed by atoms with Gasteiger partial charge in [-0.25, -0.2) is 5.43 Å². The van der Waals surface area contributed by atoms with Crippen molar-refractivity contribution in [2.45, 2.75) is 32.0 Å². The summed E-state index contributed by atoms with van der Waals surface area (Å²) in [6, 6.07) is 18.0. The number of aromatic nitrogens is 3. The highest BCUT2D eigenvalue weighted by molar-refractivity contribution is 7.99. The lowest BCUT2D eigenvalue weighted by molar-refractivity contribution is -0.118. The molecule has 0 aliphatic carbocycles. The molecule has 0 saturated carbocycles. The first kappa shape index (κ1) is 19.8. The summed E-state index contributed by atoms with van der Waals surface area (Å²) in [6.45, 7) is 4.88. The summed E-state index contributed by atoms with van der Waals surface area (Å²) in [5.74, 6) is 0.844. The number of hydrogen-bond donors (Lipinski definition) is 1. The van der Waals surface area contributed by atoms with Crippen LogP contribution in [0, 0.1) is 0 Å². The number of amides is 1. The third-order valence-corrected chi connectivity index (χ3v) is 5.16. The number of hydrogen-bond acceptors (Lipinski definition) is 5. The molecule has 1 aromatic heterocycles. The molecule has 1 heterocycles. The number of aryl methyl sites for hydroxylation is 1. The Morgan fingerprint density at radius 3 is 2.54 bits per heavy atom. The molecule has 6 nitrogen and oxygen atoms in total. The maximum atomic E-state index is 12.1. The van der Waals surface area contributed by atoms with Crippen LogP contribution in [0.2, 0.25) is 0 Å². The molecule has 0 spiro atoms. The average Bonchev–Trinajstić information content (AvgIpc) is 3.16. The van der Waals surface area contributed by atoms with Crippen LogP contribution in [0.4, 0.5) is 0 Å². The Morgan fingerprint density at radius 1 is 1.11 bits per heavy atom. The van der Waals surface area contributed by atoms with Crippen molar-refractivity contribution in [1.29, 1.82) is 0 Å². The van der Waals surface area contributed by atoms with Gasteiger partial charge in [0.15, 0.2) is 11.0 Å². The molecule has 3 rings (SSSR count). The zero-order valence-electron chi connectivity index (χ0n) is 16.0. The summed E-state index contributed by atoms with van der Waals surface area (Å²) < 4.78 is 2.01. The zero-order valence-corrected chi connectivity index (χ0v) is 16.8. The molecular formula is C21H23N5OS. The van der Waals surface area contributed by atoms with Gasteiger partial charge in [-0.2, -0.15) is 5.10 Å². The molecule has 0 radical (unpaired) electrons. The van der Waals surface area contributed by atoms with E-state index in [0.29, 0.717) is 0 Å². The highest BCUT2D eigenvalue weighted by Gasteiger charge is 2.14. The second kappa shape index (κ2) is 9.85. The topological polar surface area (TPSA) is 72.2 Å². The van der Waals surface area contributed by atoms with E-state index in [4.69, 9.17) is 0 Å². The molecule has 144 valence electrons. The van der Waals surface area contributed by atoms with Gasteiger partial charge in [-0.3, -0.25) is 4.79 Å². The maximum Gasteiger partial charge on any atom is 0.250 e. The summed E-state index contributed by atoms with van der Waals surface area (Å²) in [5.41, 5.74) is 5.78. The molecule has 28 heavy (non-hydrogen) atoms. The number of rotatable bonds is 8. The Hall–Kier alpha value is -2.93. The standard InChI is InChI=1S/C21H23N5OS/c1-3-16-10-12-17(13-11-16)14-22-23-19(27)15-28-21-25-24-20(26(21)4-2)18-8-6-5-7-9-18/h5-14H,3-4,15H2,1-2H3,(H,23,27)/b22-14+. The minimum Gasteiger partial charge on any atom is -0.302 e.